The van der Waals surface area contributed by atoms with Crippen LogP contribution in [-0.4, -0.2) is 28.7 Å². The zero-order valence-electron chi connectivity index (χ0n) is 13.6. The Balaban J connectivity index is 0.000000242. The Bertz CT molecular complexity index is 770. The van der Waals surface area contributed by atoms with Crippen molar-refractivity contribution in [3.8, 4) is 0 Å². The first-order valence-corrected chi connectivity index (χ1v) is 7.83. The lowest BCUT2D eigenvalue weighted by Gasteiger charge is -2.32. The lowest BCUT2D eigenvalue weighted by molar-refractivity contribution is -0.134. The largest absolute Gasteiger partial charge is 0.478 e. The quantitative estimate of drug-likeness (QED) is 0.586. The van der Waals surface area contributed by atoms with E-state index < -0.39 is 11.9 Å². The van der Waals surface area contributed by atoms with Crippen LogP contribution in [0.4, 0.5) is 17.1 Å². The Hall–Kier alpha value is -3.28. The molecule has 2 aromatic rings. The van der Waals surface area contributed by atoms with Crippen molar-refractivity contribution in [2.45, 2.75) is 12.8 Å². The molecular formula is C19H20N2O4. The van der Waals surface area contributed by atoms with Gasteiger partial charge in [-0.15, -0.1) is 0 Å². The third kappa shape index (κ3) is 5.10. The van der Waals surface area contributed by atoms with E-state index >= 15 is 0 Å². The van der Waals surface area contributed by atoms with Crippen LogP contribution in [0.1, 0.15) is 12.0 Å². The number of aryl methyl sites for hydroxylation is 1. The van der Waals surface area contributed by atoms with Crippen LogP contribution in [-0.2, 0) is 16.0 Å². The van der Waals surface area contributed by atoms with Crippen molar-refractivity contribution in [1.29, 1.82) is 0 Å². The molecule has 0 fully saturated rings. The summed E-state index contributed by atoms with van der Waals surface area (Å²) in [5.74, 6) is -2.51. The molecule has 0 unspecified atom stereocenters. The normalized spacial score (nSPS) is 12.9. The van der Waals surface area contributed by atoms with Crippen LogP contribution in [0, 0.1) is 0 Å². The fourth-order valence-electron chi connectivity index (χ4n) is 2.66. The second-order valence-corrected chi connectivity index (χ2v) is 5.45. The number of carbonyl (C=O) groups is 2. The van der Waals surface area contributed by atoms with Crippen LogP contribution in [0.15, 0.2) is 60.7 Å². The van der Waals surface area contributed by atoms with E-state index in [1.54, 1.807) is 0 Å². The highest BCUT2D eigenvalue weighted by Gasteiger charge is 2.18. The van der Waals surface area contributed by atoms with Gasteiger partial charge in [0.05, 0.1) is 11.4 Å². The molecule has 1 heterocycles. The van der Waals surface area contributed by atoms with Crippen LogP contribution < -0.4 is 10.6 Å². The van der Waals surface area contributed by atoms with Gasteiger partial charge >= 0.3 is 11.9 Å². The van der Waals surface area contributed by atoms with Gasteiger partial charge in [0.1, 0.15) is 0 Å². The minimum Gasteiger partial charge on any atom is -0.478 e. The summed E-state index contributed by atoms with van der Waals surface area (Å²) in [7, 11) is 0. The van der Waals surface area contributed by atoms with E-state index in [1.807, 2.05) is 18.2 Å². The molecule has 6 heteroatoms. The molecule has 3 rings (SSSR count). The van der Waals surface area contributed by atoms with E-state index in [9.17, 15) is 9.59 Å². The number of hydrogen-bond acceptors (Lipinski definition) is 4. The number of carboxylic acids is 2. The molecule has 0 radical (unpaired) electrons. The molecule has 0 aliphatic carbocycles. The van der Waals surface area contributed by atoms with Gasteiger partial charge in [-0.2, -0.15) is 0 Å². The number of nitrogens with two attached hydrogens (primary N) is 1. The van der Waals surface area contributed by atoms with Crippen molar-refractivity contribution in [2.75, 3.05) is 17.2 Å². The van der Waals surface area contributed by atoms with Crippen molar-refractivity contribution < 1.29 is 19.8 Å². The van der Waals surface area contributed by atoms with Crippen molar-refractivity contribution in [2.24, 2.45) is 0 Å². The average molecular weight is 340 g/mol. The minimum atomic E-state index is -1.26. The molecule has 0 saturated heterocycles. The summed E-state index contributed by atoms with van der Waals surface area (Å²) < 4.78 is 0. The predicted octanol–water partition coefficient (Wildman–Crippen LogP) is 3.06. The van der Waals surface area contributed by atoms with Crippen molar-refractivity contribution in [3.63, 3.8) is 0 Å². The van der Waals surface area contributed by atoms with Crippen molar-refractivity contribution in [3.05, 3.63) is 66.2 Å². The van der Waals surface area contributed by atoms with Crippen LogP contribution in [0.25, 0.3) is 0 Å². The fourth-order valence-corrected chi connectivity index (χ4v) is 2.66. The number of fused-ring (bicyclic) bond motifs is 1. The molecule has 2 aromatic carbocycles. The van der Waals surface area contributed by atoms with Gasteiger partial charge in [0.25, 0.3) is 0 Å². The van der Waals surface area contributed by atoms with Gasteiger partial charge < -0.3 is 20.8 Å². The highest BCUT2D eigenvalue weighted by atomic mass is 16.4. The molecule has 0 spiro atoms. The maximum Gasteiger partial charge on any atom is 0.328 e. The number of carboxylic acid groups (broad SMARTS) is 2. The predicted molar refractivity (Wildman–Crippen MR) is 97.0 cm³/mol. The van der Waals surface area contributed by atoms with Gasteiger partial charge in [-0.05, 0) is 36.6 Å². The number of nitrogen functional groups attached to an aromatic ring is 1. The Morgan fingerprint density at radius 2 is 1.48 bits per heavy atom. The van der Waals surface area contributed by atoms with Gasteiger partial charge in [0.15, 0.2) is 0 Å². The summed E-state index contributed by atoms with van der Waals surface area (Å²) in [5, 5.41) is 15.6. The molecule has 1 aliphatic heterocycles. The van der Waals surface area contributed by atoms with E-state index in [2.05, 4.69) is 35.2 Å². The van der Waals surface area contributed by atoms with Crippen molar-refractivity contribution >= 4 is 29.0 Å². The van der Waals surface area contributed by atoms with Gasteiger partial charge in [-0.25, -0.2) is 9.59 Å². The second-order valence-electron chi connectivity index (χ2n) is 5.45. The SMILES string of the molecule is Nc1ccccc1N1CCCc2ccccc21.O=C(O)C=CC(=O)O. The lowest BCUT2D eigenvalue weighted by Crippen LogP contribution is -2.25. The van der Waals surface area contributed by atoms with Crippen molar-refractivity contribution in [1.82, 2.24) is 0 Å². The minimum absolute atomic E-state index is 0.558. The first kappa shape index (κ1) is 18.1. The van der Waals surface area contributed by atoms with E-state index in [-0.39, 0.29) is 0 Å². The summed E-state index contributed by atoms with van der Waals surface area (Å²) >= 11 is 0. The zero-order chi connectivity index (χ0) is 18.2. The number of anilines is 3. The monoisotopic (exact) mass is 340 g/mol. The molecule has 0 saturated carbocycles. The highest BCUT2D eigenvalue weighted by molar-refractivity contribution is 5.89. The highest BCUT2D eigenvalue weighted by Crippen LogP contribution is 2.35. The summed E-state index contributed by atoms with van der Waals surface area (Å²) in [6, 6.07) is 16.7. The van der Waals surface area contributed by atoms with Crippen LogP contribution in [0.5, 0.6) is 0 Å². The molecule has 0 bridgehead atoms. The topological polar surface area (TPSA) is 104 Å². The summed E-state index contributed by atoms with van der Waals surface area (Å²) in [6.45, 7) is 1.05. The van der Waals surface area contributed by atoms with Gasteiger partial charge in [0, 0.05) is 24.4 Å². The number of benzene rings is 2. The summed E-state index contributed by atoms with van der Waals surface area (Å²) in [6.07, 6.45) is 3.47. The lowest BCUT2D eigenvalue weighted by atomic mass is 10.0. The van der Waals surface area contributed by atoms with Crippen LogP contribution >= 0.6 is 0 Å². The first-order valence-electron chi connectivity index (χ1n) is 7.83. The standard InChI is InChI=1S/C15H16N2.C4H4O4/c16-13-8-2-4-10-15(13)17-11-5-7-12-6-1-3-9-14(12)17;5-3(6)1-2-4(7)8/h1-4,6,8-10H,5,7,11,16H2;1-2H,(H,5,6)(H,7,8). The van der Waals surface area contributed by atoms with Crippen LogP contribution in [0.3, 0.4) is 0 Å². The molecule has 6 nitrogen and oxygen atoms in total. The molecule has 130 valence electrons. The maximum atomic E-state index is 9.55. The third-order valence-electron chi connectivity index (χ3n) is 3.71. The van der Waals surface area contributed by atoms with Gasteiger partial charge in [-0.3, -0.25) is 0 Å². The molecule has 4 N–H and O–H groups in total. The van der Waals surface area contributed by atoms with E-state index in [0.29, 0.717) is 12.2 Å². The number of para-hydroxylation sites is 3. The van der Waals surface area contributed by atoms with Gasteiger partial charge in [-0.1, -0.05) is 30.3 Å². The summed E-state index contributed by atoms with van der Waals surface area (Å²) in [5.41, 5.74) is 10.8. The van der Waals surface area contributed by atoms with E-state index in [1.165, 1.54) is 24.1 Å². The third-order valence-corrected chi connectivity index (χ3v) is 3.71. The number of hydrogen-bond donors (Lipinski definition) is 3. The smallest absolute Gasteiger partial charge is 0.328 e. The Morgan fingerprint density at radius 3 is 2.08 bits per heavy atom. The fraction of sp³-hybridized carbons (Fsp3) is 0.158. The van der Waals surface area contributed by atoms with Gasteiger partial charge in [0.2, 0.25) is 0 Å². The summed E-state index contributed by atoms with van der Waals surface area (Å²) in [4.78, 5) is 21.4. The molecule has 0 atom stereocenters. The zero-order valence-corrected chi connectivity index (χ0v) is 13.6. The number of rotatable bonds is 3. The Morgan fingerprint density at radius 1 is 0.920 bits per heavy atom. The first-order chi connectivity index (χ1) is 12.0. The Labute approximate surface area is 145 Å². The average Bonchev–Trinajstić information content (AvgIpc) is 2.61. The van der Waals surface area contributed by atoms with E-state index in [4.69, 9.17) is 15.9 Å². The molecular weight excluding hydrogens is 320 g/mol. The number of aliphatic carboxylic acids is 2. The second kappa shape index (κ2) is 8.54. The maximum absolute atomic E-state index is 9.55. The molecule has 1 aliphatic rings. The molecule has 0 aromatic heterocycles. The number of nitrogens with zero attached hydrogens (tertiary/aromatic N) is 1. The van der Waals surface area contributed by atoms with E-state index in [0.717, 1.165) is 17.9 Å². The molecule has 0 amide bonds. The Kier molecular flexibility index (Phi) is 6.17. The molecule has 25 heavy (non-hydrogen) atoms. The van der Waals surface area contributed by atoms with Crippen LogP contribution in [0.2, 0.25) is 0 Å².